The maximum atomic E-state index is 13.0. The van der Waals surface area contributed by atoms with E-state index in [4.69, 9.17) is 0 Å². The Hall–Kier alpha value is -3.31. The Bertz CT molecular complexity index is 1290. The molecular formula is C22H22F2N8S. The lowest BCUT2D eigenvalue weighted by atomic mass is 10.2. The number of rotatable bonds is 5. The van der Waals surface area contributed by atoms with Crippen LogP contribution in [0.4, 0.5) is 26.4 Å². The first-order valence-electron chi connectivity index (χ1n) is 10.5. The summed E-state index contributed by atoms with van der Waals surface area (Å²) in [7, 11) is 2.11. The highest BCUT2D eigenvalue weighted by molar-refractivity contribution is 7.21. The van der Waals surface area contributed by atoms with E-state index in [1.165, 1.54) is 23.6 Å². The third kappa shape index (κ3) is 4.74. The van der Waals surface area contributed by atoms with E-state index in [1.54, 1.807) is 12.4 Å². The Kier molecular flexibility index (Phi) is 5.81. The summed E-state index contributed by atoms with van der Waals surface area (Å²) in [5.74, 6) is 1.96. The summed E-state index contributed by atoms with van der Waals surface area (Å²) in [6, 6.07) is 5.12. The zero-order chi connectivity index (χ0) is 22.9. The number of anilines is 3. The number of nitrogens with one attached hydrogen (secondary N) is 1. The second-order valence-corrected chi connectivity index (χ2v) is 9.00. The van der Waals surface area contributed by atoms with Gasteiger partial charge in [0.1, 0.15) is 16.6 Å². The zero-order valence-corrected chi connectivity index (χ0v) is 19.0. The fraction of sp³-hybridized carbons (Fsp3) is 0.318. The number of piperazine rings is 1. The van der Waals surface area contributed by atoms with Crippen molar-refractivity contribution in [2.24, 2.45) is 0 Å². The molecule has 5 rings (SSSR count). The van der Waals surface area contributed by atoms with E-state index < -0.39 is 6.43 Å². The van der Waals surface area contributed by atoms with Crippen LogP contribution in [0.3, 0.4) is 0 Å². The van der Waals surface area contributed by atoms with E-state index in [0.29, 0.717) is 28.2 Å². The van der Waals surface area contributed by atoms with Crippen LogP contribution in [0.25, 0.3) is 20.8 Å². The van der Waals surface area contributed by atoms with Crippen molar-refractivity contribution in [2.45, 2.75) is 13.3 Å². The molecular weight excluding hydrogens is 446 g/mol. The highest BCUT2D eigenvalue weighted by atomic mass is 32.1. The third-order valence-corrected chi connectivity index (χ3v) is 6.47. The van der Waals surface area contributed by atoms with E-state index in [-0.39, 0.29) is 5.56 Å². The Morgan fingerprint density at radius 3 is 2.58 bits per heavy atom. The number of aryl methyl sites for hydroxylation is 1. The lowest BCUT2D eigenvalue weighted by molar-refractivity contribution is 0.151. The minimum atomic E-state index is -2.57. The van der Waals surface area contributed by atoms with Gasteiger partial charge in [-0.25, -0.2) is 23.7 Å². The highest BCUT2D eigenvalue weighted by Crippen LogP contribution is 2.32. The molecule has 11 heteroatoms. The van der Waals surface area contributed by atoms with Gasteiger partial charge < -0.3 is 15.1 Å². The van der Waals surface area contributed by atoms with Gasteiger partial charge in [0.25, 0.3) is 6.43 Å². The van der Waals surface area contributed by atoms with E-state index in [9.17, 15) is 8.78 Å². The molecule has 4 aromatic heterocycles. The molecule has 0 saturated carbocycles. The maximum Gasteiger partial charge on any atom is 0.265 e. The minimum absolute atomic E-state index is 0.123. The van der Waals surface area contributed by atoms with Crippen molar-refractivity contribution < 1.29 is 8.78 Å². The van der Waals surface area contributed by atoms with Crippen LogP contribution in [-0.4, -0.2) is 63.0 Å². The molecule has 170 valence electrons. The van der Waals surface area contributed by atoms with Crippen LogP contribution in [0, 0.1) is 6.92 Å². The molecule has 0 unspecified atom stereocenters. The summed E-state index contributed by atoms with van der Waals surface area (Å²) in [6.07, 6.45) is 1.86. The predicted molar refractivity (Wildman–Crippen MR) is 125 cm³/mol. The smallest absolute Gasteiger partial charge is 0.265 e. The van der Waals surface area contributed by atoms with Crippen LogP contribution < -0.4 is 10.2 Å². The Morgan fingerprint density at radius 1 is 0.970 bits per heavy atom. The number of fused-ring (bicyclic) bond motifs is 1. The molecule has 0 atom stereocenters. The van der Waals surface area contributed by atoms with E-state index >= 15 is 0 Å². The highest BCUT2D eigenvalue weighted by Gasteiger charge is 2.18. The van der Waals surface area contributed by atoms with Crippen molar-refractivity contribution >= 4 is 39.1 Å². The van der Waals surface area contributed by atoms with Gasteiger partial charge in [-0.15, -0.1) is 11.3 Å². The number of aromatic nitrogens is 5. The predicted octanol–water partition coefficient (Wildman–Crippen LogP) is 4.28. The number of hydrogen-bond donors (Lipinski definition) is 1. The van der Waals surface area contributed by atoms with Gasteiger partial charge in [-0.05, 0) is 20.0 Å². The average Bonchev–Trinajstić information content (AvgIpc) is 3.23. The average molecular weight is 469 g/mol. The number of thiazole rings is 1. The minimum Gasteiger partial charge on any atom is -0.338 e. The summed E-state index contributed by atoms with van der Waals surface area (Å²) in [4.78, 5) is 26.8. The zero-order valence-electron chi connectivity index (χ0n) is 18.2. The lowest BCUT2D eigenvalue weighted by Gasteiger charge is -2.32. The SMILES string of the molecule is Cc1cc(Nc2cc3nc(-c4cncc(C(F)F)c4)sc3cn2)nc(N2CCN(C)CC2)n1. The molecule has 1 aliphatic heterocycles. The van der Waals surface area contributed by atoms with Crippen LogP contribution >= 0.6 is 11.3 Å². The summed E-state index contributed by atoms with van der Waals surface area (Å²) >= 11 is 1.39. The van der Waals surface area contributed by atoms with Crippen LogP contribution in [0.5, 0.6) is 0 Å². The normalized spacial score (nSPS) is 14.9. The topological polar surface area (TPSA) is 83.0 Å². The number of nitrogens with zero attached hydrogens (tertiary/aromatic N) is 7. The van der Waals surface area contributed by atoms with E-state index in [1.807, 2.05) is 19.1 Å². The Balaban J connectivity index is 1.39. The molecule has 0 amide bonds. The molecule has 0 bridgehead atoms. The van der Waals surface area contributed by atoms with Gasteiger partial charge in [-0.2, -0.15) is 4.98 Å². The Labute approximate surface area is 193 Å². The van der Waals surface area contributed by atoms with Gasteiger partial charge in [0.15, 0.2) is 0 Å². The van der Waals surface area contributed by atoms with Crippen LogP contribution in [0.1, 0.15) is 17.7 Å². The van der Waals surface area contributed by atoms with Gasteiger partial charge in [0, 0.05) is 73.7 Å². The lowest BCUT2D eigenvalue weighted by Crippen LogP contribution is -2.45. The molecule has 1 N–H and O–H groups in total. The third-order valence-electron chi connectivity index (χ3n) is 5.42. The molecule has 33 heavy (non-hydrogen) atoms. The number of alkyl halides is 2. The molecule has 4 aromatic rings. The van der Waals surface area contributed by atoms with Gasteiger partial charge in [-0.3, -0.25) is 4.98 Å². The molecule has 0 aliphatic carbocycles. The molecule has 1 aliphatic rings. The van der Waals surface area contributed by atoms with Crippen molar-refractivity contribution in [3.05, 3.63) is 48.0 Å². The summed E-state index contributed by atoms with van der Waals surface area (Å²) < 4.78 is 26.9. The van der Waals surface area contributed by atoms with Gasteiger partial charge in [0.2, 0.25) is 5.95 Å². The number of hydrogen-bond acceptors (Lipinski definition) is 9. The molecule has 1 saturated heterocycles. The molecule has 0 spiro atoms. The second kappa shape index (κ2) is 8.91. The molecule has 5 heterocycles. The van der Waals surface area contributed by atoms with E-state index in [2.05, 4.69) is 47.1 Å². The van der Waals surface area contributed by atoms with Crippen molar-refractivity contribution in [1.82, 2.24) is 29.8 Å². The number of pyridine rings is 2. The Morgan fingerprint density at radius 2 is 1.79 bits per heavy atom. The van der Waals surface area contributed by atoms with Crippen LogP contribution in [0.2, 0.25) is 0 Å². The van der Waals surface area contributed by atoms with E-state index in [0.717, 1.165) is 42.1 Å². The largest absolute Gasteiger partial charge is 0.338 e. The first-order chi connectivity index (χ1) is 15.9. The second-order valence-electron chi connectivity index (χ2n) is 7.97. The molecule has 0 aromatic carbocycles. The molecule has 1 fully saturated rings. The summed E-state index contributed by atoms with van der Waals surface area (Å²) in [6.45, 7) is 5.65. The first-order valence-corrected chi connectivity index (χ1v) is 11.3. The maximum absolute atomic E-state index is 13.0. The summed E-state index contributed by atoms with van der Waals surface area (Å²) in [5, 5.41) is 3.87. The fourth-order valence-electron chi connectivity index (χ4n) is 3.62. The van der Waals surface area contributed by atoms with Crippen molar-refractivity contribution in [2.75, 3.05) is 43.4 Å². The quantitative estimate of drug-likeness (QED) is 0.465. The standard InChI is InChI=1S/C22H22F2N8S/c1-13-7-19(30-22(27-13)32-5-3-31(2)4-6-32)29-18-9-16-17(12-26-18)33-21(28-16)15-8-14(20(23)24)10-25-11-15/h7-12,20H,3-6H2,1-2H3,(H,26,27,29,30). The van der Waals surface area contributed by atoms with Crippen LogP contribution in [-0.2, 0) is 0 Å². The summed E-state index contributed by atoms with van der Waals surface area (Å²) in [5.41, 5.74) is 2.03. The van der Waals surface area contributed by atoms with Crippen molar-refractivity contribution in [3.63, 3.8) is 0 Å². The van der Waals surface area contributed by atoms with Gasteiger partial charge in [0.05, 0.1) is 10.2 Å². The van der Waals surface area contributed by atoms with Crippen molar-refractivity contribution in [3.8, 4) is 10.6 Å². The first kappa shape index (κ1) is 21.5. The van der Waals surface area contributed by atoms with Crippen LogP contribution in [0.15, 0.2) is 36.8 Å². The van der Waals surface area contributed by atoms with Crippen molar-refractivity contribution in [1.29, 1.82) is 0 Å². The monoisotopic (exact) mass is 468 g/mol. The van der Waals surface area contributed by atoms with Gasteiger partial charge >= 0.3 is 0 Å². The molecule has 0 radical (unpaired) electrons. The molecule has 8 nitrogen and oxygen atoms in total. The fourth-order valence-corrected chi connectivity index (χ4v) is 4.51. The number of halogens is 2. The number of likely N-dealkylation sites (N-methyl/N-ethyl adjacent to an activating group) is 1. The van der Waals surface area contributed by atoms with Gasteiger partial charge in [-0.1, -0.05) is 0 Å².